The Morgan fingerprint density at radius 3 is 2.42 bits per heavy atom. The van der Waals surface area contributed by atoms with E-state index in [0.717, 1.165) is 0 Å². The number of methoxy groups -OCH3 is 2. The third kappa shape index (κ3) is 5.16. The molecule has 0 atom stereocenters. The van der Waals surface area contributed by atoms with Crippen LogP contribution in [-0.2, 0) is 10.0 Å². The van der Waals surface area contributed by atoms with E-state index < -0.39 is 10.0 Å². The van der Waals surface area contributed by atoms with Crippen LogP contribution in [0.5, 0.6) is 11.5 Å². The molecule has 5 nitrogen and oxygen atoms in total. The van der Waals surface area contributed by atoms with Crippen LogP contribution < -0.4 is 14.2 Å². The maximum absolute atomic E-state index is 11.8. The summed E-state index contributed by atoms with van der Waals surface area (Å²) in [6.45, 7) is 0. The standard InChI is InChI=1S/C12H18ClNO4S/c1-17-11-6-5-10(9-12(11)18-2)14-19(15,16)8-4-3-7-13/h5-6,9,14H,3-4,7-8H2,1-2H3. The van der Waals surface area contributed by atoms with E-state index in [2.05, 4.69) is 4.72 Å². The fourth-order valence-corrected chi connectivity index (χ4v) is 2.88. The van der Waals surface area contributed by atoms with Gasteiger partial charge >= 0.3 is 0 Å². The molecule has 0 aromatic heterocycles. The van der Waals surface area contributed by atoms with Crippen molar-refractivity contribution < 1.29 is 17.9 Å². The zero-order valence-electron chi connectivity index (χ0n) is 11.0. The van der Waals surface area contributed by atoms with Crippen LogP contribution in [0.1, 0.15) is 12.8 Å². The summed E-state index contributed by atoms with van der Waals surface area (Å²) in [6.07, 6.45) is 1.21. The van der Waals surface area contributed by atoms with Crippen LogP contribution in [-0.4, -0.2) is 34.3 Å². The summed E-state index contributed by atoms with van der Waals surface area (Å²) in [4.78, 5) is 0. The van der Waals surface area contributed by atoms with E-state index in [0.29, 0.717) is 35.9 Å². The lowest BCUT2D eigenvalue weighted by Gasteiger charge is -2.11. The normalized spacial score (nSPS) is 11.1. The summed E-state index contributed by atoms with van der Waals surface area (Å²) >= 11 is 5.52. The Hall–Kier alpha value is -1.14. The molecule has 0 aliphatic heterocycles. The van der Waals surface area contributed by atoms with Crippen LogP contribution in [0.15, 0.2) is 18.2 Å². The maximum Gasteiger partial charge on any atom is 0.232 e. The third-order valence-corrected chi connectivity index (χ3v) is 4.09. The molecule has 108 valence electrons. The molecule has 1 aromatic carbocycles. The van der Waals surface area contributed by atoms with Crippen LogP contribution in [0, 0.1) is 0 Å². The van der Waals surface area contributed by atoms with E-state index in [1.54, 1.807) is 18.2 Å². The van der Waals surface area contributed by atoms with Gasteiger partial charge in [0.05, 0.1) is 25.7 Å². The van der Waals surface area contributed by atoms with Gasteiger partial charge in [-0.25, -0.2) is 8.42 Å². The Morgan fingerprint density at radius 2 is 1.84 bits per heavy atom. The molecule has 0 radical (unpaired) electrons. The zero-order chi connectivity index (χ0) is 14.3. The molecule has 7 heteroatoms. The number of rotatable bonds is 8. The summed E-state index contributed by atoms with van der Waals surface area (Å²) in [5, 5.41) is 0. The van der Waals surface area contributed by atoms with Crippen LogP contribution in [0.2, 0.25) is 0 Å². The second-order valence-electron chi connectivity index (χ2n) is 3.89. The highest BCUT2D eigenvalue weighted by Crippen LogP contribution is 2.30. The van der Waals surface area contributed by atoms with Gasteiger partial charge < -0.3 is 9.47 Å². The Kier molecular flexibility index (Phi) is 6.24. The fourth-order valence-electron chi connectivity index (χ4n) is 1.52. The highest BCUT2D eigenvalue weighted by atomic mass is 35.5. The average Bonchev–Trinajstić information content (AvgIpc) is 2.38. The van der Waals surface area contributed by atoms with E-state index in [4.69, 9.17) is 21.1 Å². The maximum atomic E-state index is 11.8. The molecule has 0 amide bonds. The summed E-state index contributed by atoms with van der Waals surface area (Å²) in [7, 11) is -0.338. The minimum absolute atomic E-state index is 0.0497. The van der Waals surface area contributed by atoms with Gasteiger partial charge in [0.1, 0.15) is 0 Å². The van der Waals surface area contributed by atoms with E-state index in [1.165, 1.54) is 14.2 Å². The highest BCUT2D eigenvalue weighted by molar-refractivity contribution is 7.92. The predicted octanol–water partition coefficient (Wildman–Crippen LogP) is 2.46. The van der Waals surface area contributed by atoms with Crippen LogP contribution in [0.3, 0.4) is 0 Å². The first-order chi connectivity index (χ1) is 9.02. The molecular weight excluding hydrogens is 290 g/mol. The number of anilines is 1. The van der Waals surface area contributed by atoms with Crippen molar-refractivity contribution in [3.05, 3.63) is 18.2 Å². The molecule has 0 bridgehead atoms. The Bertz CT molecular complexity index is 504. The smallest absolute Gasteiger partial charge is 0.232 e. The molecule has 0 spiro atoms. The van der Waals surface area contributed by atoms with Crippen molar-refractivity contribution >= 4 is 27.3 Å². The molecule has 0 unspecified atom stereocenters. The summed E-state index contributed by atoms with van der Waals surface area (Å²) in [5.74, 6) is 1.54. The Morgan fingerprint density at radius 1 is 1.16 bits per heavy atom. The molecule has 0 saturated carbocycles. The highest BCUT2D eigenvalue weighted by Gasteiger charge is 2.12. The monoisotopic (exact) mass is 307 g/mol. The number of nitrogens with one attached hydrogen (secondary N) is 1. The van der Waals surface area contributed by atoms with Gasteiger partial charge in [0.15, 0.2) is 11.5 Å². The number of ether oxygens (including phenoxy) is 2. The van der Waals surface area contributed by atoms with Gasteiger partial charge in [-0.3, -0.25) is 4.72 Å². The molecule has 0 heterocycles. The molecule has 19 heavy (non-hydrogen) atoms. The van der Waals surface area contributed by atoms with Crippen LogP contribution >= 0.6 is 11.6 Å². The number of unbranched alkanes of at least 4 members (excludes halogenated alkanes) is 1. The molecule has 1 aromatic rings. The van der Waals surface area contributed by atoms with E-state index in [1.807, 2.05) is 0 Å². The van der Waals surface area contributed by atoms with Crippen molar-refractivity contribution in [1.29, 1.82) is 0 Å². The van der Waals surface area contributed by atoms with Gasteiger partial charge in [-0.1, -0.05) is 0 Å². The first-order valence-electron chi connectivity index (χ1n) is 5.81. The van der Waals surface area contributed by atoms with Crippen molar-refractivity contribution in [3.8, 4) is 11.5 Å². The minimum atomic E-state index is -3.36. The van der Waals surface area contributed by atoms with Gasteiger partial charge in [0, 0.05) is 11.9 Å². The number of benzene rings is 1. The van der Waals surface area contributed by atoms with Crippen molar-refractivity contribution in [1.82, 2.24) is 0 Å². The van der Waals surface area contributed by atoms with Crippen LogP contribution in [0.25, 0.3) is 0 Å². The van der Waals surface area contributed by atoms with Crippen molar-refractivity contribution in [3.63, 3.8) is 0 Å². The zero-order valence-corrected chi connectivity index (χ0v) is 12.6. The summed E-state index contributed by atoms with van der Waals surface area (Å²) in [6, 6.07) is 4.85. The molecule has 1 rings (SSSR count). The largest absolute Gasteiger partial charge is 0.493 e. The van der Waals surface area contributed by atoms with E-state index in [-0.39, 0.29) is 5.75 Å². The Balaban J connectivity index is 2.76. The van der Waals surface area contributed by atoms with Crippen molar-refractivity contribution in [2.24, 2.45) is 0 Å². The second kappa shape index (κ2) is 7.45. The lowest BCUT2D eigenvalue weighted by atomic mass is 10.3. The quantitative estimate of drug-likeness (QED) is 0.592. The number of halogens is 1. The van der Waals surface area contributed by atoms with Gasteiger partial charge in [-0.2, -0.15) is 0 Å². The van der Waals surface area contributed by atoms with Crippen molar-refractivity contribution in [2.75, 3.05) is 30.6 Å². The van der Waals surface area contributed by atoms with E-state index in [9.17, 15) is 8.42 Å². The number of sulfonamides is 1. The first kappa shape index (κ1) is 15.9. The molecule has 0 aliphatic rings. The van der Waals surface area contributed by atoms with Gasteiger partial charge in [0.2, 0.25) is 10.0 Å². The second-order valence-corrected chi connectivity index (χ2v) is 6.11. The number of hydrogen-bond acceptors (Lipinski definition) is 4. The van der Waals surface area contributed by atoms with Crippen molar-refractivity contribution in [2.45, 2.75) is 12.8 Å². The van der Waals surface area contributed by atoms with Gasteiger partial charge in [-0.15, -0.1) is 11.6 Å². The third-order valence-electron chi connectivity index (χ3n) is 2.45. The van der Waals surface area contributed by atoms with Crippen LogP contribution in [0.4, 0.5) is 5.69 Å². The van der Waals surface area contributed by atoms with Gasteiger partial charge in [0.25, 0.3) is 0 Å². The molecule has 0 saturated heterocycles. The first-order valence-corrected chi connectivity index (χ1v) is 7.99. The lowest BCUT2D eigenvalue weighted by molar-refractivity contribution is 0.355. The fraction of sp³-hybridized carbons (Fsp3) is 0.500. The molecule has 1 N–H and O–H groups in total. The molecular formula is C12H18ClNO4S. The van der Waals surface area contributed by atoms with E-state index >= 15 is 0 Å². The van der Waals surface area contributed by atoms with Gasteiger partial charge in [-0.05, 0) is 25.0 Å². The summed E-state index contributed by atoms with van der Waals surface area (Å²) in [5.41, 5.74) is 0.448. The SMILES string of the molecule is COc1ccc(NS(=O)(=O)CCCCCl)cc1OC. The number of hydrogen-bond donors (Lipinski definition) is 1. The number of alkyl halides is 1. The predicted molar refractivity (Wildman–Crippen MR) is 76.9 cm³/mol. The summed E-state index contributed by atoms with van der Waals surface area (Å²) < 4.78 is 36.3. The average molecular weight is 308 g/mol. The molecule has 0 fully saturated rings. The topological polar surface area (TPSA) is 64.6 Å². The minimum Gasteiger partial charge on any atom is -0.493 e. The lowest BCUT2D eigenvalue weighted by Crippen LogP contribution is -2.16. The Labute approximate surface area is 118 Å². The molecule has 0 aliphatic carbocycles.